The largest absolute Gasteiger partial charge is 0.383 e. The molecule has 1 aliphatic carbocycles. The van der Waals surface area contributed by atoms with Crippen LogP contribution < -0.4 is 5.73 Å². The van der Waals surface area contributed by atoms with Crippen molar-refractivity contribution >= 4 is 16.6 Å². The van der Waals surface area contributed by atoms with Crippen molar-refractivity contribution in [3.8, 4) is 11.1 Å². The highest BCUT2D eigenvalue weighted by Crippen LogP contribution is 2.47. The van der Waals surface area contributed by atoms with Gasteiger partial charge in [0.1, 0.15) is 5.82 Å². The summed E-state index contributed by atoms with van der Waals surface area (Å²) in [5.74, 6) is 0.610. The SMILES string of the molecule is CCCN1CCC2(CCc3cc(-c4ccc5ccnc(N)c5c4)ccc32)CC1. The number of hydrogen-bond acceptors (Lipinski definition) is 3. The second kappa shape index (κ2) is 6.89. The van der Waals surface area contributed by atoms with Crippen molar-refractivity contribution < 1.29 is 0 Å². The number of rotatable bonds is 3. The van der Waals surface area contributed by atoms with Crippen LogP contribution in [0.1, 0.15) is 43.7 Å². The van der Waals surface area contributed by atoms with E-state index in [9.17, 15) is 0 Å². The van der Waals surface area contributed by atoms with Gasteiger partial charge in [-0.25, -0.2) is 4.98 Å². The molecule has 1 fully saturated rings. The van der Waals surface area contributed by atoms with Gasteiger partial charge < -0.3 is 10.6 Å². The number of piperidine rings is 1. The molecule has 2 aromatic carbocycles. The summed E-state index contributed by atoms with van der Waals surface area (Å²) in [5, 5.41) is 2.19. The minimum Gasteiger partial charge on any atom is -0.383 e. The molecule has 28 heavy (non-hydrogen) atoms. The van der Waals surface area contributed by atoms with Crippen molar-refractivity contribution in [2.45, 2.75) is 44.4 Å². The minimum absolute atomic E-state index is 0.426. The number of likely N-dealkylation sites (tertiary alicyclic amines) is 1. The number of fused-ring (bicyclic) bond motifs is 3. The minimum atomic E-state index is 0.426. The first kappa shape index (κ1) is 17.7. The Labute approximate surface area is 167 Å². The van der Waals surface area contributed by atoms with Gasteiger partial charge in [0, 0.05) is 11.6 Å². The molecule has 1 saturated heterocycles. The van der Waals surface area contributed by atoms with E-state index in [2.05, 4.69) is 53.2 Å². The quantitative estimate of drug-likeness (QED) is 0.690. The lowest BCUT2D eigenvalue weighted by molar-refractivity contribution is 0.159. The predicted octanol–water partition coefficient (Wildman–Crippen LogP) is 5.17. The molecule has 0 unspecified atom stereocenters. The fourth-order valence-corrected chi connectivity index (χ4v) is 5.42. The van der Waals surface area contributed by atoms with E-state index in [1.807, 2.05) is 6.07 Å². The van der Waals surface area contributed by atoms with Crippen molar-refractivity contribution in [2.24, 2.45) is 0 Å². The van der Waals surface area contributed by atoms with Crippen LogP contribution in [0.15, 0.2) is 48.7 Å². The summed E-state index contributed by atoms with van der Waals surface area (Å²) in [4.78, 5) is 6.89. The number of aromatic nitrogens is 1. The van der Waals surface area contributed by atoms with Crippen molar-refractivity contribution in [3.63, 3.8) is 0 Å². The van der Waals surface area contributed by atoms with Crippen LogP contribution in [0, 0.1) is 0 Å². The third-order valence-corrected chi connectivity index (χ3v) is 7.03. The topological polar surface area (TPSA) is 42.2 Å². The Morgan fingerprint density at radius 3 is 2.61 bits per heavy atom. The molecule has 0 amide bonds. The summed E-state index contributed by atoms with van der Waals surface area (Å²) >= 11 is 0. The van der Waals surface area contributed by atoms with Crippen LogP contribution in [0.5, 0.6) is 0 Å². The molecule has 0 radical (unpaired) electrons. The summed E-state index contributed by atoms with van der Waals surface area (Å²) in [6.45, 7) is 6.05. The maximum atomic E-state index is 6.10. The van der Waals surface area contributed by atoms with Crippen LogP contribution >= 0.6 is 0 Å². The van der Waals surface area contributed by atoms with Crippen LogP contribution in [0.2, 0.25) is 0 Å². The zero-order chi connectivity index (χ0) is 19.1. The molecule has 3 aromatic rings. The van der Waals surface area contributed by atoms with Gasteiger partial charge in [-0.3, -0.25) is 0 Å². The normalized spacial score (nSPS) is 18.6. The number of anilines is 1. The van der Waals surface area contributed by atoms with Gasteiger partial charge in [0.15, 0.2) is 0 Å². The highest BCUT2D eigenvalue weighted by atomic mass is 15.1. The second-order valence-electron chi connectivity index (χ2n) is 8.63. The van der Waals surface area contributed by atoms with E-state index in [1.54, 1.807) is 17.3 Å². The predicted molar refractivity (Wildman–Crippen MR) is 118 cm³/mol. The van der Waals surface area contributed by atoms with Gasteiger partial charge in [0.05, 0.1) is 0 Å². The van der Waals surface area contributed by atoms with Crippen molar-refractivity contribution in [1.29, 1.82) is 0 Å². The number of hydrogen-bond donors (Lipinski definition) is 1. The molecule has 2 heterocycles. The Kier molecular flexibility index (Phi) is 4.36. The lowest BCUT2D eigenvalue weighted by Crippen LogP contribution is -2.41. The summed E-state index contributed by atoms with van der Waals surface area (Å²) in [6.07, 6.45) is 8.21. The first-order valence-electron chi connectivity index (χ1n) is 10.7. The van der Waals surface area contributed by atoms with Gasteiger partial charge in [-0.1, -0.05) is 37.3 Å². The molecule has 3 heteroatoms. The van der Waals surface area contributed by atoms with Gasteiger partial charge in [0.2, 0.25) is 0 Å². The molecule has 3 nitrogen and oxygen atoms in total. The second-order valence-corrected chi connectivity index (χ2v) is 8.63. The molecule has 0 saturated carbocycles. The first-order chi connectivity index (χ1) is 13.7. The molecule has 144 valence electrons. The Morgan fingerprint density at radius 1 is 1.00 bits per heavy atom. The van der Waals surface area contributed by atoms with Gasteiger partial charge in [-0.15, -0.1) is 0 Å². The number of nitrogens with zero attached hydrogens (tertiary/aromatic N) is 2. The number of aryl methyl sites for hydroxylation is 1. The van der Waals surface area contributed by atoms with E-state index in [-0.39, 0.29) is 0 Å². The fraction of sp³-hybridized carbons (Fsp3) is 0.400. The maximum Gasteiger partial charge on any atom is 0.131 e. The molecule has 2 N–H and O–H groups in total. The lowest BCUT2D eigenvalue weighted by Gasteiger charge is -2.40. The van der Waals surface area contributed by atoms with E-state index in [0.717, 1.165) is 10.8 Å². The Bertz CT molecular complexity index is 1020. The standard InChI is InChI=1S/C25H29N3/c1-2-13-28-14-10-25(11-15-28)9-7-21-16-19(5-6-23(21)25)20-4-3-18-8-12-27-24(26)22(18)17-20/h3-6,8,12,16-17H,2,7,9-11,13-15H2,1H3,(H2,26,27). The molecule has 2 aliphatic rings. The lowest BCUT2D eigenvalue weighted by atomic mass is 9.73. The third-order valence-electron chi connectivity index (χ3n) is 7.03. The van der Waals surface area contributed by atoms with Crippen LogP contribution in [-0.4, -0.2) is 29.5 Å². The van der Waals surface area contributed by atoms with Crippen LogP contribution in [0.25, 0.3) is 21.9 Å². The molecule has 0 atom stereocenters. The summed E-state index contributed by atoms with van der Waals surface area (Å²) in [6, 6.07) is 15.7. The molecule has 1 aliphatic heterocycles. The Balaban J connectivity index is 1.46. The number of nitrogens with two attached hydrogens (primary N) is 1. The van der Waals surface area contributed by atoms with Crippen molar-refractivity contribution in [1.82, 2.24) is 9.88 Å². The average molecular weight is 372 g/mol. The van der Waals surface area contributed by atoms with Gasteiger partial charge >= 0.3 is 0 Å². The zero-order valence-electron chi connectivity index (χ0n) is 16.7. The van der Waals surface area contributed by atoms with E-state index in [1.165, 1.54) is 62.9 Å². The van der Waals surface area contributed by atoms with Crippen LogP contribution in [-0.2, 0) is 11.8 Å². The van der Waals surface area contributed by atoms with Crippen molar-refractivity contribution in [2.75, 3.05) is 25.4 Å². The highest BCUT2D eigenvalue weighted by molar-refractivity contribution is 5.94. The van der Waals surface area contributed by atoms with E-state index < -0.39 is 0 Å². The van der Waals surface area contributed by atoms with E-state index in [0.29, 0.717) is 11.2 Å². The molecular formula is C25H29N3. The number of pyridine rings is 1. The fourth-order valence-electron chi connectivity index (χ4n) is 5.42. The number of nitrogen functional groups attached to an aromatic ring is 1. The van der Waals surface area contributed by atoms with Gasteiger partial charge in [-0.2, -0.15) is 0 Å². The van der Waals surface area contributed by atoms with Crippen LogP contribution in [0.3, 0.4) is 0 Å². The summed E-state index contributed by atoms with van der Waals surface area (Å²) in [7, 11) is 0. The summed E-state index contributed by atoms with van der Waals surface area (Å²) in [5.41, 5.74) is 12.2. The van der Waals surface area contributed by atoms with E-state index >= 15 is 0 Å². The average Bonchev–Trinajstić information content (AvgIpc) is 3.08. The number of benzene rings is 2. The summed E-state index contributed by atoms with van der Waals surface area (Å²) < 4.78 is 0. The monoisotopic (exact) mass is 371 g/mol. The molecule has 1 spiro atoms. The Hall–Kier alpha value is -2.39. The van der Waals surface area contributed by atoms with Gasteiger partial charge in [0.25, 0.3) is 0 Å². The smallest absolute Gasteiger partial charge is 0.131 e. The Morgan fingerprint density at radius 2 is 1.79 bits per heavy atom. The molecule has 5 rings (SSSR count). The maximum absolute atomic E-state index is 6.10. The molecule has 1 aromatic heterocycles. The van der Waals surface area contributed by atoms with Gasteiger partial charge in [-0.05, 0) is 96.9 Å². The zero-order valence-corrected chi connectivity index (χ0v) is 16.7. The van der Waals surface area contributed by atoms with Crippen molar-refractivity contribution in [3.05, 3.63) is 59.8 Å². The van der Waals surface area contributed by atoms with Crippen LogP contribution in [0.4, 0.5) is 5.82 Å². The first-order valence-corrected chi connectivity index (χ1v) is 10.7. The molecular weight excluding hydrogens is 342 g/mol. The highest BCUT2D eigenvalue weighted by Gasteiger charge is 2.40. The third kappa shape index (κ3) is 2.89. The van der Waals surface area contributed by atoms with E-state index in [4.69, 9.17) is 5.73 Å². The molecule has 0 bridgehead atoms.